The van der Waals surface area contributed by atoms with Crippen LogP contribution in [0, 0.1) is 18.8 Å². The number of halogens is 1. The van der Waals surface area contributed by atoms with Gasteiger partial charge >= 0.3 is 12.1 Å². The van der Waals surface area contributed by atoms with Gasteiger partial charge in [-0.15, -0.1) is 0 Å². The van der Waals surface area contributed by atoms with E-state index in [9.17, 15) is 23.6 Å². The molecule has 3 aromatic rings. The first kappa shape index (κ1) is 34.9. The van der Waals surface area contributed by atoms with Crippen molar-refractivity contribution in [1.29, 1.82) is 0 Å². The summed E-state index contributed by atoms with van der Waals surface area (Å²) in [5, 5.41) is 6.34. The summed E-state index contributed by atoms with van der Waals surface area (Å²) in [6.45, 7) is 8.93. The van der Waals surface area contributed by atoms with Crippen molar-refractivity contribution in [3.05, 3.63) is 65.4 Å². The number of amides is 3. The number of furan rings is 1. The van der Waals surface area contributed by atoms with Crippen LogP contribution in [0.15, 0.2) is 52.9 Å². The number of fused-ring (bicyclic) bond motifs is 1. The van der Waals surface area contributed by atoms with Gasteiger partial charge in [0.15, 0.2) is 0 Å². The molecule has 2 fully saturated rings. The zero-order valence-electron chi connectivity index (χ0n) is 28.3. The number of alkyl carbamates (subject to hydrolysis) is 1. The van der Waals surface area contributed by atoms with Crippen LogP contribution in [0.2, 0.25) is 0 Å². The summed E-state index contributed by atoms with van der Waals surface area (Å²) < 4.78 is 30.0. The second-order valence-electron chi connectivity index (χ2n) is 13.8. The Hall–Kier alpha value is -4.41. The normalized spacial score (nSPS) is 21.8. The first-order valence-corrected chi connectivity index (χ1v) is 16.8. The van der Waals surface area contributed by atoms with E-state index in [1.807, 2.05) is 31.2 Å². The second-order valence-corrected chi connectivity index (χ2v) is 13.8. The predicted octanol–water partition coefficient (Wildman–Crippen LogP) is 6.91. The van der Waals surface area contributed by atoms with E-state index >= 15 is 0 Å². The Labute approximate surface area is 280 Å². The van der Waals surface area contributed by atoms with Crippen LogP contribution in [-0.4, -0.2) is 66.3 Å². The van der Waals surface area contributed by atoms with Crippen molar-refractivity contribution < 1.29 is 37.5 Å². The highest BCUT2D eigenvalue weighted by Gasteiger charge is 2.45. The molecular weight excluding hydrogens is 617 g/mol. The fraction of sp³-hybridized carbons (Fsp3) is 0.514. The van der Waals surface area contributed by atoms with Crippen LogP contribution in [0.4, 0.5) is 14.9 Å². The van der Waals surface area contributed by atoms with Gasteiger partial charge in [0.2, 0.25) is 17.6 Å². The average molecular weight is 664 g/mol. The van der Waals surface area contributed by atoms with E-state index in [2.05, 4.69) is 10.6 Å². The Morgan fingerprint density at radius 2 is 1.75 bits per heavy atom. The summed E-state index contributed by atoms with van der Waals surface area (Å²) in [6, 6.07) is 13.2. The number of carbonyl (C=O) groups is 4. The molecule has 1 aliphatic carbocycles. The van der Waals surface area contributed by atoms with E-state index < -0.39 is 36.4 Å². The average Bonchev–Trinajstić information content (AvgIpc) is 3.68. The number of nitrogens with one attached hydrogen (secondary N) is 2. The summed E-state index contributed by atoms with van der Waals surface area (Å²) in [6.07, 6.45) is 2.21. The highest BCUT2D eigenvalue weighted by atomic mass is 19.1. The second kappa shape index (κ2) is 14.8. The maximum atomic E-state index is 14.1. The van der Waals surface area contributed by atoms with Gasteiger partial charge < -0.3 is 29.4 Å². The molecule has 258 valence electrons. The Bertz CT molecular complexity index is 1640. The van der Waals surface area contributed by atoms with Crippen molar-refractivity contribution in [2.75, 3.05) is 25.1 Å². The largest absolute Gasteiger partial charge is 0.460 e. The fourth-order valence-electron chi connectivity index (χ4n) is 7.08. The molecule has 0 bridgehead atoms. The van der Waals surface area contributed by atoms with Gasteiger partial charge in [-0.05, 0) is 108 Å². The summed E-state index contributed by atoms with van der Waals surface area (Å²) in [5.74, 6) is -1.48. The summed E-state index contributed by atoms with van der Waals surface area (Å²) in [5.41, 5.74) is 2.39. The first-order chi connectivity index (χ1) is 22.9. The molecule has 0 radical (unpaired) electrons. The van der Waals surface area contributed by atoms with Crippen LogP contribution in [0.3, 0.4) is 0 Å². The zero-order chi connectivity index (χ0) is 34.6. The third-order valence-corrected chi connectivity index (χ3v) is 9.36. The number of carbonyl (C=O) groups excluding carboxylic acids is 4. The molecule has 1 saturated carbocycles. The number of hydrogen-bond donors (Lipinski definition) is 2. The van der Waals surface area contributed by atoms with Crippen molar-refractivity contribution in [2.45, 2.75) is 90.3 Å². The lowest BCUT2D eigenvalue weighted by Gasteiger charge is -2.36. The highest BCUT2D eigenvalue weighted by molar-refractivity contribution is 6.00. The molecule has 2 N–H and O–H groups in total. The Balaban J connectivity index is 1.31. The molecule has 1 aromatic heterocycles. The van der Waals surface area contributed by atoms with Gasteiger partial charge in [0.05, 0.1) is 12.6 Å². The monoisotopic (exact) mass is 663 g/mol. The molecule has 1 aliphatic heterocycles. The maximum absolute atomic E-state index is 14.1. The number of ether oxygens (including phenoxy) is 2. The number of hydrogen-bond acceptors (Lipinski definition) is 7. The molecular formula is C37H46FN3O7. The number of alkyl halides is 1. The molecule has 3 amide bonds. The quantitative estimate of drug-likeness (QED) is 0.238. The zero-order valence-corrected chi connectivity index (χ0v) is 28.3. The Morgan fingerprint density at radius 3 is 2.42 bits per heavy atom. The number of nitrogens with zero attached hydrogens (tertiary/aromatic N) is 1. The summed E-state index contributed by atoms with van der Waals surface area (Å²) in [7, 11) is 0. The molecule has 48 heavy (non-hydrogen) atoms. The third kappa shape index (κ3) is 7.99. The number of benzene rings is 2. The van der Waals surface area contributed by atoms with E-state index in [1.54, 1.807) is 56.9 Å². The minimum atomic E-state index is -0.737. The van der Waals surface area contributed by atoms with Crippen LogP contribution in [0.25, 0.3) is 11.0 Å². The van der Waals surface area contributed by atoms with Gasteiger partial charge in [-0.3, -0.25) is 9.59 Å². The number of likely N-dealkylation sites (tertiary alicyclic amines) is 1. The maximum Gasteiger partial charge on any atom is 0.407 e. The minimum Gasteiger partial charge on any atom is -0.460 e. The smallest absolute Gasteiger partial charge is 0.407 e. The molecule has 11 heteroatoms. The Morgan fingerprint density at radius 1 is 1.02 bits per heavy atom. The van der Waals surface area contributed by atoms with Gasteiger partial charge in [0.25, 0.3) is 0 Å². The number of aryl methyl sites for hydroxylation is 1. The van der Waals surface area contributed by atoms with Gasteiger partial charge in [0.1, 0.15) is 23.9 Å². The van der Waals surface area contributed by atoms with Crippen molar-refractivity contribution in [2.24, 2.45) is 11.8 Å². The first-order valence-electron chi connectivity index (χ1n) is 16.8. The van der Waals surface area contributed by atoms with Crippen molar-refractivity contribution in [3.63, 3.8) is 0 Å². The number of rotatable bonds is 9. The number of anilines is 1. The van der Waals surface area contributed by atoms with Gasteiger partial charge in [-0.1, -0.05) is 24.3 Å². The van der Waals surface area contributed by atoms with Gasteiger partial charge in [-0.2, -0.15) is 0 Å². The summed E-state index contributed by atoms with van der Waals surface area (Å²) in [4.78, 5) is 54.5. The molecule has 2 aromatic carbocycles. The fourth-order valence-corrected chi connectivity index (χ4v) is 7.08. The van der Waals surface area contributed by atoms with Crippen LogP contribution in [0.1, 0.15) is 87.4 Å². The minimum absolute atomic E-state index is 0.0778. The van der Waals surface area contributed by atoms with Crippen molar-refractivity contribution >= 4 is 40.5 Å². The molecule has 0 spiro atoms. The van der Waals surface area contributed by atoms with Crippen LogP contribution >= 0.6 is 0 Å². The van der Waals surface area contributed by atoms with Crippen LogP contribution < -0.4 is 10.6 Å². The van der Waals surface area contributed by atoms with Gasteiger partial charge in [-0.25, -0.2) is 14.0 Å². The van der Waals surface area contributed by atoms with Crippen LogP contribution in [0.5, 0.6) is 0 Å². The molecule has 10 nitrogen and oxygen atoms in total. The van der Waals surface area contributed by atoms with E-state index in [-0.39, 0.29) is 41.9 Å². The lowest BCUT2D eigenvalue weighted by molar-refractivity contribution is -0.141. The van der Waals surface area contributed by atoms with E-state index in [1.165, 1.54) is 0 Å². The molecule has 0 unspecified atom stereocenters. The van der Waals surface area contributed by atoms with E-state index in [4.69, 9.17) is 13.9 Å². The predicted molar refractivity (Wildman–Crippen MR) is 179 cm³/mol. The third-order valence-electron chi connectivity index (χ3n) is 9.36. The van der Waals surface area contributed by atoms with E-state index in [0.717, 1.165) is 11.1 Å². The van der Waals surface area contributed by atoms with E-state index in [0.29, 0.717) is 55.3 Å². The van der Waals surface area contributed by atoms with Crippen LogP contribution in [-0.2, 0) is 19.1 Å². The Kier molecular flexibility index (Phi) is 10.8. The highest BCUT2D eigenvalue weighted by Crippen LogP contribution is 2.39. The number of esters is 1. The molecule has 5 rings (SSSR count). The van der Waals surface area contributed by atoms with Crippen molar-refractivity contribution in [3.8, 4) is 0 Å². The van der Waals surface area contributed by atoms with Crippen molar-refractivity contribution in [1.82, 2.24) is 10.2 Å². The molecule has 2 heterocycles. The topological polar surface area (TPSA) is 127 Å². The molecule has 3 atom stereocenters. The SMILES string of the molecule is CCOC(=O)c1cc2cc(NC(=O)[C@@H]3[C@H](c4ccccc4C)CCN3C(=O)[C@H]3CC[C@H]([C@@H](CF)NC(=O)OC(C)(C)C)CC3)ccc2o1. The molecule has 2 aliphatic rings. The lowest BCUT2D eigenvalue weighted by atomic mass is 9.78. The lowest BCUT2D eigenvalue weighted by Crippen LogP contribution is -2.49. The standard InChI is InChI=1S/C37H46FN3O7/c1-6-46-35(44)31-20-25-19-26(15-16-30(25)47-31)39-33(42)32-28(27-10-8-7-9-22(27)2)17-18-41(32)34(43)24-13-11-23(12-14-24)29(21-38)40-36(45)48-37(3,4)5/h7-10,15-16,19-20,23-24,28-29,32H,6,11-14,17-18,21H2,1-5H3,(H,39,42)(H,40,45)/t23-,24-,28-,29+,32-/m0/s1. The van der Waals surface area contributed by atoms with Gasteiger partial charge in [0, 0.05) is 29.5 Å². The summed E-state index contributed by atoms with van der Waals surface area (Å²) >= 11 is 0. The molecule has 1 saturated heterocycles.